The Morgan fingerprint density at radius 3 is 2.50 bits per heavy atom. The molecule has 0 aliphatic carbocycles. The fraction of sp³-hybridized carbons (Fsp3) is 0.600. The molecule has 1 aliphatic rings. The second-order valence-electron chi connectivity index (χ2n) is 5.11. The molecule has 1 aromatic heterocycles. The summed E-state index contributed by atoms with van der Waals surface area (Å²) in [5, 5.41) is 0.418. The number of rotatable bonds is 4. The van der Waals surface area contributed by atoms with Gasteiger partial charge in [0.1, 0.15) is 5.15 Å². The van der Waals surface area contributed by atoms with E-state index in [-0.39, 0.29) is 5.91 Å². The maximum atomic E-state index is 12.4. The number of pyridine rings is 1. The van der Waals surface area contributed by atoms with Gasteiger partial charge in [-0.2, -0.15) is 0 Å². The maximum Gasteiger partial charge on any atom is 0.255 e. The minimum absolute atomic E-state index is 0.0622. The minimum atomic E-state index is 0.0622. The Hall–Kier alpha value is -1.13. The second-order valence-corrected chi connectivity index (χ2v) is 5.50. The van der Waals surface area contributed by atoms with Crippen LogP contribution in [0.4, 0.5) is 0 Å². The molecule has 0 aromatic carbocycles. The Balaban J connectivity index is 1.93. The summed E-state index contributed by atoms with van der Waals surface area (Å²) in [5.74, 6) is 0.0622. The van der Waals surface area contributed by atoms with E-state index in [0.717, 1.165) is 39.0 Å². The van der Waals surface area contributed by atoms with Gasteiger partial charge in [0.2, 0.25) is 0 Å². The highest BCUT2D eigenvalue weighted by atomic mass is 35.5. The molecule has 0 atom stereocenters. The number of piperidine rings is 1. The van der Waals surface area contributed by atoms with E-state index in [1.54, 1.807) is 18.3 Å². The predicted octanol–water partition coefficient (Wildman–Crippen LogP) is 2.68. The van der Waals surface area contributed by atoms with Gasteiger partial charge in [-0.3, -0.25) is 4.79 Å². The molecule has 2 heterocycles. The van der Waals surface area contributed by atoms with Crippen molar-refractivity contribution in [2.45, 2.75) is 32.7 Å². The highest BCUT2D eigenvalue weighted by molar-refractivity contribution is 6.29. The molecule has 2 rings (SSSR count). The van der Waals surface area contributed by atoms with Gasteiger partial charge in [0.05, 0.1) is 5.56 Å². The Kier molecular flexibility index (Phi) is 5.38. The molecule has 20 heavy (non-hydrogen) atoms. The van der Waals surface area contributed by atoms with Crippen LogP contribution in [0.2, 0.25) is 5.15 Å². The van der Waals surface area contributed by atoms with Gasteiger partial charge in [0, 0.05) is 25.3 Å². The van der Waals surface area contributed by atoms with E-state index >= 15 is 0 Å². The Morgan fingerprint density at radius 1 is 1.35 bits per heavy atom. The van der Waals surface area contributed by atoms with E-state index in [9.17, 15) is 4.79 Å². The molecule has 1 fully saturated rings. The number of amides is 1. The Bertz CT molecular complexity index is 437. The summed E-state index contributed by atoms with van der Waals surface area (Å²) >= 11 is 5.75. The first-order chi connectivity index (χ1) is 9.65. The van der Waals surface area contributed by atoms with Crippen LogP contribution in [0.15, 0.2) is 18.3 Å². The van der Waals surface area contributed by atoms with Gasteiger partial charge in [-0.1, -0.05) is 25.4 Å². The quantitative estimate of drug-likeness (QED) is 0.801. The van der Waals surface area contributed by atoms with Gasteiger partial charge in [-0.15, -0.1) is 0 Å². The molecule has 110 valence electrons. The number of likely N-dealkylation sites (tertiary alicyclic amines) is 1. The van der Waals surface area contributed by atoms with Gasteiger partial charge < -0.3 is 9.80 Å². The third-order valence-corrected chi connectivity index (χ3v) is 4.28. The molecular formula is C15H22ClN3O. The van der Waals surface area contributed by atoms with E-state index in [4.69, 9.17) is 11.6 Å². The third-order valence-electron chi connectivity index (χ3n) is 4.05. The lowest BCUT2D eigenvalue weighted by Gasteiger charge is -2.37. The van der Waals surface area contributed by atoms with Crippen LogP contribution in [-0.2, 0) is 0 Å². The number of carbonyl (C=O) groups excluding carboxylic acids is 1. The third kappa shape index (κ3) is 3.49. The van der Waals surface area contributed by atoms with Crippen molar-refractivity contribution in [2.75, 3.05) is 26.2 Å². The van der Waals surface area contributed by atoms with E-state index in [0.29, 0.717) is 16.8 Å². The molecule has 1 aliphatic heterocycles. The molecule has 1 aromatic rings. The standard InChI is InChI=1S/C15H22ClN3O/c1-3-18(4-2)13-7-9-19(10-8-13)15(20)12-5-6-14(16)17-11-12/h5-6,11,13H,3-4,7-10H2,1-2H3. The van der Waals surface area contributed by atoms with Crippen molar-refractivity contribution < 1.29 is 4.79 Å². The molecule has 1 amide bonds. The zero-order chi connectivity index (χ0) is 14.5. The van der Waals surface area contributed by atoms with Crippen molar-refractivity contribution in [3.63, 3.8) is 0 Å². The first kappa shape index (κ1) is 15.3. The lowest BCUT2D eigenvalue weighted by Crippen LogP contribution is -2.46. The van der Waals surface area contributed by atoms with Crippen molar-refractivity contribution in [3.05, 3.63) is 29.0 Å². The average Bonchev–Trinajstić information content (AvgIpc) is 2.49. The van der Waals surface area contributed by atoms with Crippen molar-refractivity contribution in [1.82, 2.24) is 14.8 Å². The van der Waals surface area contributed by atoms with Crippen molar-refractivity contribution >= 4 is 17.5 Å². The van der Waals surface area contributed by atoms with Crippen LogP contribution >= 0.6 is 11.6 Å². The van der Waals surface area contributed by atoms with Gasteiger partial charge in [-0.05, 0) is 38.1 Å². The first-order valence-corrected chi connectivity index (χ1v) is 7.68. The van der Waals surface area contributed by atoms with E-state index in [1.807, 2.05) is 4.90 Å². The zero-order valence-corrected chi connectivity index (χ0v) is 12.9. The summed E-state index contributed by atoms with van der Waals surface area (Å²) in [4.78, 5) is 20.7. The summed E-state index contributed by atoms with van der Waals surface area (Å²) in [6, 6.07) is 4.02. The lowest BCUT2D eigenvalue weighted by molar-refractivity contribution is 0.0631. The normalized spacial score (nSPS) is 16.7. The van der Waals surface area contributed by atoms with Crippen molar-refractivity contribution in [1.29, 1.82) is 0 Å². The van der Waals surface area contributed by atoms with Crippen LogP contribution < -0.4 is 0 Å². The van der Waals surface area contributed by atoms with E-state index in [1.165, 1.54) is 0 Å². The van der Waals surface area contributed by atoms with Gasteiger partial charge in [0.25, 0.3) is 5.91 Å². The molecule has 0 spiro atoms. The predicted molar refractivity (Wildman–Crippen MR) is 81.1 cm³/mol. The van der Waals surface area contributed by atoms with E-state index < -0.39 is 0 Å². The highest BCUT2D eigenvalue weighted by Gasteiger charge is 2.26. The molecular weight excluding hydrogens is 274 g/mol. The molecule has 0 bridgehead atoms. The number of aromatic nitrogens is 1. The summed E-state index contributed by atoms with van der Waals surface area (Å²) in [6.45, 7) is 8.19. The van der Waals surface area contributed by atoms with E-state index in [2.05, 4.69) is 23.7 Å². The fourth-order valence-corrected chi connectivity index (χ4v) is 2.97. The number of carbonyl (C=O) groups is 1. The lowest BCUT2D eigenvalue weighted by atomic mass is 10.0. The smallest absolute Gasteiger partial charge is 0.255 e. The first-order valence-electron chi connectivity index (χ1n) is 7.30. The van der Waals surface area contributed by atoms with Crippen LogP contribution in [0.1, 0.15) is 37.0 Å². The number of halogens is 1. The van der Waals surface area contributed by atoms with Crippen molar-refractivity contribution in [2.24, 2.45) is 0 Å². The monoisotopic (exact) mass is 295 g/mol. The van der Waals surface area contributed by atoms with Gasteiger partial charge in [-0.25, -0.2) is 4.98 Å². The molecule has 0 radical (unpaired) electrons. The molecule has 5 heteroatoms. The largest absolute Gasteiger partial charge is 0.338 e. The molecule has 1 saturated heterocycles. The van der Waals surface area contributed by atoms with Crippen LogP contribution in [-0.4, -0.2) is 52.9 Å². The Morgan fingerprint density at radius 2 is 2.00 bits per heavy atom. The van der Waals surface area contributed by atoms with Crippen LogP contribution in [0.3, 0.4) is 0 Å². The van der Waals surface area contributed by atoms with Crippen LogP contribution in [0, 0.1) is 0 Å². The molecule has 0 N–H and O–H groups in total. The number of nitrogens with zero attached hydrogens (tertiary/aromatic N) is 3. The fourth-order valence-electron chi connectivity index (χ4n) is 2.86. The average molecular weight is 296 g/mol. The Labute approximate surface area is 125 Å². The van der Waals surface area contributed by atoms with Gasteiger partial charge >= 0.3 is 0 Å². The van der Waals surface area contributed by atoms with Crippen LogP contribution in [0.5, 0.6) is 0 Å². The SMILES string of the molecule is CCN(CC)C1CCN(C(=O)c2ccc(Cl)nc2)CC1. The summed E-state index contributed by atoms with van der Waals surface area (Å²) < 4.78 is 0. The second kappa shape index (κ2) is 7.04. The summed E-state index contributed by atoms with van der Waals surface area (Å²) in [5.41, 5.74) is 0.621. The summed E-state index contributed by atoms with van der Waals surface area (Å²) in [7, 11) is 0. The van der Waals surface area contributed by atoms with Crippen molar-refractivity contribution in [3.8, 4) is 0 Å². The summed E-state index contributed by atoms with van der Waals surface area (Å²) in [6.07, 6.45) is 3.66. The molecule has 0 unspecified atom stereocenters. The number of hydrogen-bond donors (Lipinski definition) is 0. The molecule has 0 saturated carbocycles. The maximum absolute atomic E-state index is 12.4. The molecule has 4 nitrogen and oxygen atoms in total. The van der Waals surface area contributed by atoms with Crippen LogP contribution in [0.25, 0.3) is 0 Å². The van der Waals surface area contributed by atoms with Gasteiger partial charge in [0.15, 0.2) is 0 Å². The topological polar surface area (TPSA) is 36.4 Å². The minimum Gasteiger partial charge on any atom is -0.338 e. The number of hydrogen-bond acceptors (Lipinski definition) is 3. The highest BCUT2D eigenvalue weighted by Crippen LogP contribution is 2.18. The zero-order valence-electron chi connectivity index (χ0n) is 12.2.